The monoisotopic (exact) mass is 554 g/mol. The number of esters is 1. The lowest BCUT2D eigenvalue weighted by molar-refractivity contribution is -0.384. The Balaban J connectivity index is 1.57. The molecule has 4 rings (SSSR count). The van der Waals surface area contributed by atoms with Crippen LogP contribution in [0, 0.1) is 10.1 Å². The van der Waals surface area contributed by atoms with E-state index in [9.17, 15) is 19.7 Å². The number of hydrogen-bond donors (Lipinski definition) is 2. The van der Waals surface area contributed by atoms with E-state index in [0.717, 1.165) is 64.3 Å². The van der Waals surface area contributed by atoms with Gasteiger partial charge in [0.2, 0.25) is 0 Å². The summed E-state index contributed by atoms with van der Waals surface area (Å²) in [5, 5.41) is 17.2. The van der Waals surface area contributed by atoms with E-state index in [1.807, 2.05) is 11.0 Å². The number of piperazine rings is 1. The number of thiocarbonyl (C=S) groups is 1. The standard InChI is InChI=1S/C27H34N6O5S/c1-3-30-13-15-32(16-14-30)24-9-7-19(26(35)38-4-2)17-22(24)28-27(39)29-25(34)21-18-20(33(36)37)8-10-23(21)31-11-5-6-12-31/h7-10,17-18H,3-6,11-16H2,1-2H3,(H2,28,29,34,39). The third-order valence-corrected chi connectivity index (χ3v) is 7.23. The molecule has 2 saturated heterocycles. The van der Waals surface area contributed by atoms with Gasteiger partial charge in [0.15, 0.2) is 5.11 Å². The Morgan fingerprint density at radius 1 is 0.974 bits per heavy atom. The third kappa shape index (κ3) is 6.82. The van der Waals surface area contributed by atoms with Gasteiger partial charge in [-0.2, -0.15) is 0 Å². The van der Waals surface area contributed by atoms with Crippen molar-refractivity contribution in [2.45, 2.75) is 26.7 Å². The number of carbonyl (C=O) groups is 2. The van der Waals surface area contributed by atoms with Gasteiger partial charge in [0.05, 0.1) is 39.7 Å². The van der Waals surface area contributed by atoms with Crippen LogP contribution in [-0.2, 0) is 4.74 Å². The Kier molecular flexibility index (Phi) is 9.31. The molecule has 2 aromatic carbocycles. The lowest BCUT2D eigenvalue weighted by atomic mass is 10.1. The van der Waals surface area contributed by atoms with E-state index in [4.69, 9.17) is 17.0 Å². The summed E-state index contributed by atoms with van der Waals surface area (Å²) in [6.45, 7) is 10.1. The molecule has 2 aromatic rings. The number of amides is 1. The average molecular weight is 555 g/mol. The van der Waals surface area contributed by atoms with Gasteiger partial charge < -0.3 is 24.8 Å². The van der Waals surface area contributed by atoms with E-state index in [-0.39, 0.29) is 23.0 Å². The van der Waals surface area contributed by atoms with Gasteiger partial charge in [0.1, 0.15) is 0 Å². The lowest BCUT2D eigenvalue weighted by Gasteiger charge is -2.36. The molecule has 2 N–H and O–H groups in total. The number of carbonyl (C=O) groups excluding carboxylic acids is 2. The van der Waals surface area contributed by atoms with Gasteiger partial charge >= 0.3 is 5.97 Å². The number of ether oxygens (including phenoxy) is 1. The van der Waals surface area contributed by atoms with E-state index >= 15 is 0 Å². The second-order valence-electron chi connectivity index (χ2n) is 9.43. The number of non-ortho nitro benzene ring substituents is 1. The number of rotatable bonds is 8. The van der Waals surface area contributed by atoms with Gasteiger partial charge in [-0.05, 0) is 62.8 Å². The van der Waals surface area contributed by atoms with E-state index in [1.54, 1.807) is 25.1 Å². The van der Waals surface area contributed by atoms with Crippen LogP contribution in [0.1, 0.15) is 47.4 Å². The predicted molar refractivity (Wildman–Crippen MR) is 155 cm³/mol. The van der Waals surface area contributed by atoms with Crippen LogP contribution < -0.4 is 20.4 Å². The molecule has 11 nitrogen and oxygen atoms in total. The summed E-state index contributed by atoms with van der Waals surface area (Å²) in [6, 6.07) is 9.55. The first-order valence-corrected chi connectivity index (χ1v) is 13.7. The molecule has 2 fully saturated rings. The molecule has 0 saturated carbocycles. The van der Waals surface area contributed by atoms with E-state index in [2.05, 4.69) is 27.4 Å². The fourth-order valence-corrected chi connectivity index (χ4v) is 5.14. The minimum atomic E-state index is -0.544. The van der Waals surface area contributed by atoms with Crippen molar-refractivity contribution in [2.24, 2.45) is 0 Å². The van der Waals surface area contributed by atoms with Crippen molar-refractivity contribution in [3.8, 4) is 0 Å². The molecule has 1 amide bonds. The highest BCUT2D eigenvalue weighted by Crippen LogP contribution is 2.30. The van der Waals surface area contributed by atoms with Gasteiger partial charge in [0, 0.05) is 51.4 Å². The van der Waals surface area contributed by atoms with Crippen LogP contribution in [0.2, 0.25) is 0 Å². The Morgan fingerprint density at radius 3 is 2.28 bits per heavy atom. The zero-order chi connectivity index (χ0) is 27.9. The summed E-state index contributed by atoms with van der Waals surface area (Å²) >= 11 is 5.50. The Bertz CT molecular complexity index is 1240. The number of nitro groups is 1. The van der Waals surface area contributed by atoms with Crippen molar-refractivity contribution in [1.82, 2.24) is 10.2 Å². The normalized spacial score (nSPS) is 15.6. The third-order valence-electron chi connectivity index (χ3n) is 7.03. The summed E-state index contributed by atoms with van der Waals surface area (Å²) in [7, 11) is 0. The van der Waals surface area contributed by atoms with Crippen molar-refractivity contribution in [2.75, 3.05) is 67.5 Å². The second-order valence-corrected chi connectivity index (χ2v) is 9.84. The predicted octanol–water partition coefficient (Wildman–Crippen LogP) is 3.64. The Labute approximate surface area is 233 Å². The summed E-state index contributed by atoms with van der Waals surface area (Å²) < 4.78 is 5.17. The molecule has 0 aliphatic carbocycles. The molecule has 0 bridgehead atoms. The quantitative estimate of drug-likeness (QED) is 0.217. The van der Waals surface area contributed by atoms with Crippen molar-refractivity contribution in [1.29, 1.82) is 0 Å². The fourth-order valence-electron chi connectivity index (χ4n) is 4.94. The number of hydrogen-bond acceptors (Lipinski definition) is 9. The minimum Gasteiger partial charge on any atom is -0.462 e. The van der Waals surface area contributed by atoms with Crippen LogP contribution >= 0.6 is 12.2 Å². The summed E-state index contributed by atoms with van der Waals surface area (Å²) in [5.41, 5.74) is 2.43. The maximum atomic E-state index is 13.3. The molecule has 2 heterocycles. The topological polar surface area (TPSA) is 120 Å². The van der Waals surface area contributed by atoms with Crippen molar-refractivity contribution < 1.29 is 19.2 Å². The first kappa shape index (κ1) is 28.2. The highest BCUT2D eigenvalue weighted by atomic mass is 32.1. The fraction of sp³-hybridized carbons (Fsp3) is 0.444. The van der Waals surface area contributed by atoms with Gasteiger partial charge in [-0.1, -0.05) is 6.92 Å². The van der Waals surface area contributed by atoms with Gasteiger partial charge in [-0.25, -0.2) is 4.79 Å². The summed E-state index contributed by atoms with van der Waals surface area (Å²) in [4.78, 5) is 43.3. The van der Waals surface area contributed by atoms with Crippen molar-refractivity contribution in [3.63, 3.8) is 0 Å². The Morgan fingerprint density at radius 2 is 1.64 bits per heavy atom. The van der Waals surface area contributed by atoms with Crippen LogP contribution in [-0.4, -0.2) is 79.2 Å². The molecular weight excluding hydrogens is 520 g/mol. The van der Waals surface area contributed by atoms with Gasteiger partial charge in [-0.15, -0.1) is 0 Å². The number of benzene rings is 2. The highest BCUT2D eigenvalue weighted by molar-refractivity contribution is 7.80. The average Bonchev–Trinajstić information content (AvgIpc) is 3.48. The first-order chi connectivity index (χ1) is 18.8. The zero-order valence-corrected chi connectivity index (χ0v) is 23.1. The van der Waals surface area contributed by atoms with Gasteiger partial charge in [-0.3, -0.25) is 20.2 Å². The molecule has 0 atom stereocenters. The SMILES string of the molecule is CCOC(=O)c1ccc(N2CCN(CC)CC2)c(NC(=S)NC(=O)c2cc([N+](=O)[O-])ccc2N2CCCC2)c1. The number of likely N-dealkylation sites (N-methyl/N-ethyl adjacent to an activating group) is 1. The largest absolute Gasteiger partial charge is 0.462 e. The molecule has 12 heteroatoms. The maximum absolute atomic E-state index is 13.3. The van der Waals surface area contributed by atoms with Crippen LogP contribution in [0.15, 0.2) is 36.4 Å². The highest BCUT2D eigenvalue weighted by Gasteiger charge is 2.24. The molecule has 0 radical (unpaired) electrons. The van der Waals surface area contributed by atoms with Crippen LogP contribution in [0.3, 0.4) is 0 Å². The smallest absolute Gasteiger partial charge is 0.338 e. The molecular formula is C27H34N6O5S. The lowest BCUT2D eigenvalue weighted by Crippen LogP contribution is -2.46. The molecule has 0 aromatic heterocycles. The van der Waals surface area contributed by atoms with E-state index in [0.29, 0.717) is 16.9 Å². The number of nitro benzene ring substituents is 1. The van der Waals surface area contributed by atoms with E-state index < -0.39 is 16.8 Å². The second kappa shape index (κ2) is 12.9. The number of nitrogens with one attached hydrogen (secondary N) is 2. The van der Waals surface area contributed by atoms with Crippen molar-refractivity contribution >= 4 is 52.0 Å². The molecule has 2 aliphatic rings. The zero-order valence-electron chi connectivity index (χ0n) is 22.3. The minimum absolute atomic E-state index is 0.0216. The number of nitrogens with zero attached hydrogens (tertiary/aromatic N) is 4. The molecule has 0 spiro atoms. The molecule has 2 aliphatic heterocycles. The van der Waals surface area contributed by atoms with Gasteiger partial charge in [0.25, 0.3) is 11.6 Å². The Hall–Kier alpha value is -3.77. The number of anilines is 3. The summed E-state index contributed by atoms with van der Waals surface area (Å²) in [6.07, 6.45) is 1.98. The van der Waals surface area contributed by atoms with Crippen LogP contribution in [0.4, 0.5) is 22.7 Å². The molecule has 39 heavy (non-hydrogen) atoms. The van der Waals surface area contributed by atoms with Crippen LogP contribution in [0.5, 0.6) is 0 Å². The van der Waals surface area contributed by atoms with E-state index in [1.165, 1.54) is 12.1 Å². The maximum Gasteiger partial charge on any atom is 0.338 e. The summed E-state index contributed by atoms with van der Waals surface area (Å²) in [5.74, 6) is -0.998. The van der Waals surface area contributed by atoms with Crippen LogP contribution in [0.25, 0.3) is 0 Å². The molecule has 208 valence electrons. The first-order valence-electron chi connectivity index (χ1n) is 13.2. The molecule has 0 unspecified atom stereocenters. The van der Waals surface area contributed by atoms with Crippen molar-refractivity contribution in [3.05, 3.63) is 57.6 Å².